The van der Waals surface area contributed by atoms with E-state index in [0.29, 0.717) is 24.4 Å². The van der Waals surface area contributed by atoms with Crippen LogP contribution in [-0.4, -0.2) is 55.8 Å². The van der Waals surface area contributed by atoms with Gasteiger partial charge in [-0.05, 0) is 55.7 Å². The molecule has 2 aromatic heterocycles. The Bertz CT molecular complexity index is 1010. The van der Waals surface area contributed by atoms with Crippen molar-refractivity contribution >= 4 is 5.91 Å². The van der Waals surface area contributed by atoms with E-state index in [1.54, 1.807) is 29.1 Å². The summed E-state index contributed by atoms with van der Waals surface area (Å²) in [7, 11) is 0. The minimum atomic E-state index is -0.452. The van der Waals surface area contributed by atoms with Crippen molar-refractivity contribution in [2.24, 2.45) is 0 Å². The molecule has 1 amide bonds. The average molecular weight is 439 g/mol. The molecule has 0 saturated carbocycles. The van der Waals surface area contributed by atoms with Gasteiger partial charge in [0.1, 0.15) is 17.6 Å². The predicted octanol–water partition coefficient (Wildman–Crippen LogP) is 2.14. The van der Waals surface area contributed by atoms with Crippen LogP contribution in [0.4, 0.5) is 4.39 Å². The lowest BCUT2D eigenvalue weighted by atomic mass is 9.97. The van der Waals surface area contributed by atoms with Gasteiger partial charge in [-0.15, -0.1) is 5.10 Å². The number of rotatable bonds is 8. The monoisotopic (exact) mass is 439 g/mol. The third kappa shape index (κ3) is 5.74. The zero-order valence-electron chi connectivity index (χ0n) is 17.6. The van der Waals surface area contributed by atoms with Crippen molar-refractivity contribution in [2.75, 3.05) is 6.61 Å². The second-order valence-corrected chi connectivity index (χ2v) is 7.89. The summed E-state index contributed by atoms with van der Waals surface area (Å²) >= 11 is 0. The number of nitrogens with zero attached hydrogens (tertiary/aromatic N) is 4. The van der Waals surface area contributed by atoms with E-state index >= 15 is 0 Å². The maximum Gasteiger partial charge on any atom is 0.226 e. The van der Waals surface area contributed by atoms with Crippen LogP contribution in [0.25, 0.3) is 11.3 Å². The van der Waals surface area contributed by atoms with Crippen LogP contribution in [0, 0.1) is 5.82 Å². The number of hydrogen-bond acceptors (Lipinski definition) is 6. The Morgan fingerprint density at radius 2 is 2.06 bits per heavy atom. The van der Waals surface area contributed by atoms with Gasteiger partial charge in [-0.2, -0.15) is 0 Å². The summed E-state index contributed by atoms with van der Waals surface area (Å²) in [4.78, 5) is 16.5. The molecule has 1 aliphatic heterocycles. The Morgan fingerprint density at radius 3 is 2.81 bits per heavy atom. The molecule has 0 radical (unpaired) electrons. The summed E-state index contributed by atoms with van der Waals surface area (Å²) in [5, 5.41) is 21.0. The first-order valence-corrected chi connectivity index (χ1v) is 10.7. The fourth-order valence-electron chi connectivity index (χ4n) is 3.87. The van der Waals surface area contributed by atoms with E-state index in [1.165, 1.54) is 12.1 Å². The maximum absolute atomic E-state index is 13.1. The molecule has 168 valence electrons. The Balaban J connectivity index is 1.26. The number of pyridine rings is 1. The van der Waals surface area contributed by atoms with Gasteiger partial charge in [0.05, 0.1) is 31.4 Å². The van der Waals surface area contributed by atoms with Crippen LogP contribution >= 0.6 is 0 Å². The van der Waals surface area contributed by atoms with Crippen LogP contribution in [0.3, 0.4) is 0 Å². The Labute approximate surface area is 185 Å². The van der Waals surface area contributed by atoms with Gasteiger partial charge in [-0.25, -0.2) is 4.39 Å². The fourth-order valence-corrected chi connectivity index (χ4v) is 3.87. The molecular weight excluding hydrogens is 413 g/mol. The number of aryl methyl sites for hydroxylation is 1. The van der Waals surface area contributed by atoms with Gasteiger partial charge in [0.25, 0.3) is 0 Å². The molecule has 0 bridgehead atoms. The van der Waals surface area contributed by atoms with Crippen molar-refractivity contribution < 1.29 is 19.0 Å². The lowest BCUT2D eigenvalue weighted by molar-refractivity contribution is -0.128. The molecule has 1 aliphatic rings. The first kappa shape index (κ1) is 22.0. The largest absolute Gasteiger partial charge is 0.394 e. The molecule has 9 heteroatoms. The minimum Gasteiger partial charge on any atom is -0.394 e. The molecule has 1 fully saturated rings. The highest BCUT2D eigenvalue weighted by Crippen LogP contribution is 2.23. The van der Waals surface area contributed by atoms with E-state index in [4.69, 9.17) is 4.74 Å². The van der Waals surface area contributed by atoms with E-state index in [-0.39, 0.29) is 36.9 Å². The summed E-state index contributed by atoms with van der Waals surface area (Å²) in [5.74, 6) is -0.426. The van der Waals surface area contributed by atoms with Gasteiger partial charge in [0, 0.05) is 24.0 Å². The highest BCUT2D eigenvalue weighted by molar-refractivity contribution is 5.78. The van der Waals surface area contributed by atoms with E-state index in [9.17, 15) is 14.3 Å². The number of aliphatic hydroxyl groups excluding tert-OH is 1. The zero-order valence-corrected chi connectivity index (χ0v) is 17.6. The number of amides is 1. The smallest absolute Gasteiger partial charge is 0.226 e. The summed E-state index contributed by atoms with van der Waals surface area (Å²) in [5.41, 5.74) is 2.18. The van der Waals surface area contributed by atoms with Crippen LogP contribution in [-0.2, 0) is 22.5 Å². The first-order valence-electron chi connectivity index (χ1n) is 10.7. The molecule has 32 heavy (non-hydrogen) atoms. The molecule has 4 rings (SSSR count). The zero-order chi connectivity index (χ0) is 22.3. The van der Waals surface area contributed by atoms with Crippen molar-refractivity contribution in [1.29, 1.82) is 0 Å². The fraction of sp³-hybridized carbons (Fsp3) is 0.391. The van der Waals surface area contributed by atoms with E-state index in [2.05, 4.69) is 20.6 Å². The third-order valence-electron chi connectivity index (χ3n) is 5.57. The summed E-state index contributed by atoms with van der Waals surface area (Å²) in [6.07, 6.45) is 5.37. The lowest BCUT2D eigenvalue weighted by Gasteiger charge is -2.36. The van der Waals surface area contributed by atoms with Crippen LogP contribution in [0.5, 0.6) is 0 Å². The van der Waals surface area contributed by atoms with E-state index in [0.717, 1.165) is 18.4 Å². The minimum absolute atomic E-state index is 0.0467. The van der Waals surface area contributed by atoms with Crippen LogP contribution in [0.2, 0.25) is 0 Å². The Morgan fingerprint density at radius 1 is 1.22 bits per heavy atom. The molecule has 0 unspecified atom stereocenters. The number of aliphatic hydroxyl groups is 1. The van der Waals surface area contributed by atoms with Gasteiger partial charge in [-0.3, -0.25) is 14.5 Å². The predicted molar refractivity (Wildman–Crippen MR) is 115 cm³/mol. The lowest BCUT2D eigenvalue weighted by Crippen LogP contribution is -2.51. The molecule has 2 N–H and O–H groups in total. The topological polar surface area (TPSA) is 102 Å². The van der Waals surface area contributed by atoms with Gasteiger partial charge >= 0.3 is 0 Å². The summed E-state index contributed by atoms with van der Waals surface area (Å²) < 4.78 is 20.9. The molecule has 8 nitrogen and oxygen atoms in total. The maximum atomic E-state index is 13.1. The number of benzene rings is 1. The molecule has 1 aromatic carbocycles. The number of carbonyl (C=O) groups is 1. The molecule has 1 saturated heterocycles. The van der Waals surface area contributed by atoms with E-state index < -0.39 is 6.10 Å². The second-order valence-electron chi connectivity index (χ2n) is 7.89. The van der Waals surface area contributed by atoms with Crippen molar-refractivity contribution in [2.45, 2.75) is 50.5 Å². The van der Waals surface area contributed by atoms with Crippen LogP contribution in [0.15, 0.2) is 54.9 Å². The highest BCUT2D eigenvalue weighted by atomic mass is 19.1. The van der Waals surface area contributed by atoms with Gasteiger partial charge in [-0.1, -0.05) is 11.3 Å². The number of aromatic nitrogens is 4. The molecule has 0 aliphatic carbocycles. The quantitative estimate of drug-likeness (QED) is 0.558. The number of ether oxygens (including phenoxy) is 1. The third-order valence-corrected chi connectivity index (χ3v) is 5.57. The van der Waals surface area contributed by atoms with E-state index in [1.807, 2.05) is 18.3 Å². The Kier molecular flexibility index (Phi) is 7.18. The number of hydrogen-bond donors (Lipinski definition) is 2. The van der Waals surface area contributed by atoms with Crippen LogP contribution in [0.1, 0.15) is 25.0 Å². The van der Waals surface area contributed by atoms with Crippen molar-refractivity contribution in [3.8, 4) is 11.3 Å². The summed E-state index contributed by atoms with van der Waals surface area (Å²) in [6, 6.07) is 11.4. The van der Waals surface area contributed by atoms with Gasteiger partial charge in [0.15, 0.2) is 0 Å². The highest BCUT2D eigenvalue weighted by Gasteiger charge is 2.31. The van der Waals surface area contributed by atoms with Gasteiger partial charge in [0.2, 0.25) is 5.91 Å². The molecular formula is C23H26FN5O3. The summed E-state index contributed by atoms with van der Waals surface area (Å²) in [6.45, 7) is 0.441. The van der Waals surface area contributed by atoms with Crippen molar-refractivity contribution in [1.82, 2.24) is 25.3 Å². The number of carbonyl (C=O) groups excluding carboxylic acids is 1. The molecule has 0 spiro atoms. The number of nitrogens with one attached hydrogen (secondary N) is 1. The standard InChI is InChI=1S/C23H26FN5O3/c24-17-6-4-16(5-7-17)21-14-29(28-27-21)12-10-19-8-9-20(22(15-30)32-19)26-23(31)13-18-3-1-2-11-25-18/h1-7,11,14,19-20,22,30H,8-10,12-13,15H2,(H,26,31)/t19-,20-,22-/m0/s1. The second kappa shape index (κ2) is 10.4. The van der Waals surface area contributed by atoms with Crippen molar-refractivity contribution in [3.63, 3.8) is 0 Å². The Hall–Kier alpha value is -3.17. The molecule has 3 aromatic rings. The van der Waals surface area contributed by atoms with Crippen LogP contribution < -0.4 is 5.32 Å². The molecule has 3 heterocycles. The number of halogens is 1. The average Bonchev–Trinajstić information content (AvgIpc) is 3.28. The molecule has 3 atom stereocenters. The van der Waals surface area contributed by atoms with Gasteiger partial charge < -0.3 is 15.2 Å². The first-order chi connectivity index (χ1) is 15.6. The SMILES string of the molecule is O=C(Cc1ccccn1)N[C@H]1CC[C@@H](CCn2cc(-c3ccc(F)cc3)nn2)O[C@H]1CO. The van der Waals surface area contributed by atoms with Crippen molar-refractivity contribution in [3.05, 3.63) is 66.4 Å². The normalized spacial score (nSPS) is 20.8.